The van der Waals surface area contributed by atoms with Crippen LogP contribution in [0, 0.1) is 11.6 Å². The first-order valence-corrected chi connectivity index (χ1v) is 5.52. The van der Waals surface area contributed by atoms with Crippen molar-refractivity contribution in [2.75, 3.05) is 5.43 Å². The van der Waals surface area contributed by atoms with Crippen LogP contribution in [0.1, 0.15) is 5.56 Å². The second-order valence-electron chi connectivity index (χ2n) is 3.55. The molecular formula is C13H10Cl2F2N2. The normalized spacial score (nSPS) is 10.3. The Kier molecular flexibility index (Phi) is 5.73. The van der Waals surface area contributed by atoms with Gasteiger partial charge in [0, 0.05) is 5.02 Å². The van der Waals surface area contributed by atoms with E-state index in [0.29, 0.717) is 10.6 Å². The van der Waals surface area contributed by atoms with Crippen LogP contribution in [0.3, 0.4) is 0 Å². The van der Waals surface area contributed by atoms with Crippen molar-refractivity contribution in [1.82, 2.24) is 0 Å². The molecule has 0 atom stereocenters. The number of hydrogen-bond acceptors (Lipinski definition) is 2. The summed E-state index contributed by atoms with van der Waals surface area (Å²) in [6.07, 6.45) is 1.40. The summed E-state index contributed by atoms with van der Waals surface area (Å²) in [5.74, 6) is -1.77. The molecule has 0 aromatic heterocycles. The van der Waals surface area contributed by atoms with Gasteiger partial charge in [0.2, 0.25) is 0 Å². The number of hydrazone groups is 1. The minimum atomic E-state index is -0.898. The molecule has 0 bridgehead atoms. The van der Waals surface area contributed by atoms with Crippen LogP contribution >= 0.6 is 24.0 Å². The van der Waals surface area contributed by atoms with E-state index in [2.05, 4.69) is 10.5 Å². The molecule has 2 rings (SSSR count). The second kappa shape index (κ2) is 7.07. The fraction of sp³-hybridized carbons (Fsp3) is 0. The first kappa shape index (κ1) is 15.4. The summed E-state index contributed by atoms with van der Waals surface area (Å²) >= 11 is 5.73. The van der Waals surface area contributed by atoms with Gasteiger partial charge in [-0.15, -0.1) is 12.4 Å². The second-order valence-corrected chi connectivity index (χ2v) is 3.99. The van der Waals surface area contributed by atoms with Gasteiger partial charge in [0.05, 0.1) is 11.9 Å². The van der Waals surface area contributed by atoms with Crippen LogP contribution in [0.2, 0.25) is 5.02 Å². The molecule has 0 spiro atoms. The molecule has 0 saturated carbocycles. The van der Waals surface area contributed by atoms with Gasteiger partial charge < -0.3 is 0 Å². The molecule has 1 N–H and O–H groups in total. The molecule has 0 aliphatic heterocycles. The standard InChI is InChI=1S/C13H9ClF2N2.ClH/c14-10-2-4-11(5-3-10)18-17-8-9-1-6-12(15)13(16)7-9;/h1-8,18H;1H/b17-8+;. The van der Waals surface area contributed by atoms with Gasteiger partial charge in [-0.3, -0.25) is 5.43 Å². The number of anilines is 1. The van der Waals surface area contributed by atoms with Crippen LogP contribution < -0.4 is 5.43 Å². The lowest BCUT2D eigenvalue weighted by molar-refractivity contribution is 0.508. The van der Waals surface area contributed by atoms with Gasteiger partial charge in [0.15, 0.2) is 11.6 Å². The quantitative estimate of drug-likeness (QED) is 0.656. The van der Waals surface area contributed by atoms with E-state index >= 15 is 0 Å². The summed E-state index contributed by atoms with van der Waals surface area (Å²) < 4.78 is 25.6. The Labute approximate surface area is 120 Å². The SMILES string of the molecule is Cl.Fc1ccc(/C=N/Nc2ccc(Cl)cc2)cc1F. The average molecular weight is 303 g/mol. The van der Waals surface area contributed by atoms with Gasteiger partial charge in [-0.2, -0.15) is 5.10 Å². The zero-order valence-electron chi connectivity index (χ0n) is 9.61. The maximum Gasteiger partial charge on any atom is 0.159 e. The van der Waals surface area contributed by atoms with Crippen LogP contribution in [0.5, 0.6) is 0 Å². The predicted octanol–water partition coefficient (Wildman–Crippen LogP) is 4.49. The van der Waals surface area contributed by atoms with E-state index in [-0.39, 0.29) is 12.4 Å². The highest BCUT2D eigenvalue weighted by atomic mass is 35.5. The highest BCUT2D eigenvalue weighted by molar-refractivity contribution is 6.30. The van der Waals surface area contributed by atoms with Gasteiger partial charge >= 0.3 is 0 Å². The molecule has 0 heterocycles. The number of benzene rings is 2. The third-order valence-electron chi connectivity index (χ3n) is 2.20. The van der Waals surface area contributed by atoms with Crippen molar-refractivity contribution in [2.24, 2.45) is 5.10 Å². The van der Waals surface area contributed by atoms with Crippen LogP contribution in [0.25, 0.3) is 0 Å². The van der Waals surface area contributed by atoms with E-state index in [9.17, 15) is 8.78 Å². The third kappa shape index (κ3) is 4.50. The topological polar surface area (TPSA) is 24.4 Å². The first-order valence-electron chi connectivity index (χ1n) is 5.15. The fourth-order valence-corrected chi connectivity index (χ4v) is 1.42. The Morgan fingerprint density at radius 2 is 1.68 bits per heavy atom. The summed E-state index contributed by atoms with van der Waals surface area (Å²) in [7, 11) is 0. The summed E-state index contributed by atoms with van der Waals surface area (Å²) in [6, 6.07) is 10.5. The summed E-state index contributed by atoms with van der Waals surface area (Å²) in [6.45, 7) is 0. The van der Waals surface area contributed by atoms with Crippen molar-refractivity contribution >= 4 is 35.9 Å². The van der Waals surface area contributed by atoms with Crippen LogP contribution in [-0.2, 0) is 0 Å². The molecule has 0 unspecified atom stereocenters. The Morgan fingerprint density at radius 1 is 1.00 bits per heavy atom. The lowest BCUT2D eigenvalue weighted by atomic mass is 10.2. The maximum atomic E-state index is 12.9. The van der Waals surface area contributed by atoms with E-state index < -0.39 is 11.6 Å². The van der Waals surface area contributed by atoms with Crippen molar-refractivity contribution in [3.63, 3.8) is 0 Å². The minimum absolute atomic E-state index is 0. The molecule has 2 aromatic carbocycles. The van der Waals surface area contributed by atoms with Gasteiger partial charge in [-0.25, -0.2) is 8.78 Å². The van der Waals surface area contributed by atoms with Gasteiger partial charge in [0.1, 0.15) is 0 Å². The maximum absolute atomic E-state index is 12.9. The van der Waals surface area contributed by atoms with E-state index in [4.69, 9.17) is 11.6 Å². The van der Waals surface area contributed by atoms with E-state index in [1.54, 1.807) is 24.3 Å². The fourth-order valence-electron chi connectivity index (χ4n) is 1.30. The molecule has 0 aliphatic rings. The summed E-state index contributed by atoms with van der Waals surface area (Å²) in [5.41, 5.74) is 3.97. The molecule has 0 radical (unpaired) electrons. The Balaban J connectivity index is 0.00000180. The van der Waals surface area contributed by atoms with Crippen molar-refractivity contribution < 1.29 is 8.78 Å². The molecule has 2 nitrogen and oxygen atoms in total. The lowest BCUT2D eigenvalue weighted by Crippen LogP contribution is -1.92. The zero-order valence-corrected chi connectivity index (χ0v) is 11.2. The molecule has 0 amide bonds. The monoisotopic (exact) mass is 302 g/mol. The zero-order chi connectivity index (χ0) is 13.0. The predicted molar refractivity (Wildman–Crippen MR) is 76.3 cm³/mol. The minimum Gasteiger partial charge on any atom is -0.279 e. The van der Waals surface area contributed by atoms with Gasteiger partial charge in [-0.05, 0) is 42.0 Å². The Hall–Kier alpha value is -1.65. The van der Waals surface area contributed by atoms with Crippen LogP contribution in [-0.4, -0.2) is 6.21 Å². The molecule has 2 aromatic rings. The lowest BCUT2D eigenvalue weighted by Gasteiger charge is -1.99. The number of rotatable bonds is 3. The molecule has 0 saturated heterocycles. The highest BCUT2D eigenvalue weighted by Crippen LogP contribution is 2.13. The Morgan fingerprint density at radius 3 is 2.32 bits per heavy atom. The number of hydrogen-bond donors (Lipinski definition) is 1. The molecular weight excluding hydrogens is 293 g/mol. The van der Waals surface area contributed by atoms with E-state index in [1.165, 1.54) is 12.3 Å². The highest BCUT2D eigenvalue weighted by Gasteiger charge is 2.00. The molecule has 6 heteroatoms. The molecule has 0 fully saturated rings. The van der Waals surface area contributed by atoms with E-state index in [0.717, 1.165) is 17.8 Å². The van der Waals surface area contributed by atoms with E-state index in [1.807, 2.05) is 0 Å². The molecule has 0 aliphatic carbocycles. The van der Waals surface area contributed by atoms with Crippen molar-refractivity contribution in [3.8, 4) is 0 Å². The number of nitrogens with zero attached hydrogens (tertiary/aromatic N) is 1. The first-order chi connectivity index (χ1) is 8.65. The van der Waals surface area contributed by atoms with Crippen LogP contribution in [0.4, 0.5) is 14.5 Å². The largest absolute Gasteiger partial charge is 0.279 e. The summed E-state index contributed by atoms with van der Waals surface area (Å²) in [4.78, 5) is 0. The molecule has 100 valence electrons. The smallest absolute Gasteiger partial charge is 0.159 e. The van der Waals surface area contributed by atoms with Crippen molar-refractivity contribution in [2.45, 2.75) is 0 Å². The number of nitrogens with one attached hydrogen (secondary N) is 1. The van der Waals surface area contributed by atoms with Crippen molar-refractivity contribution in [3.05, 3.63) is 64.7 Å². The van der Waals surface area contributed by atoms with Gasteiger partial charge in [0.25, 0.3) is 0 Å². The molecule has 19 heavy (non-hydrogen) atoms. The Bertz CT molecular complexity index is 571. The van der Waals surface area contributed by atoms with Gasteiger partial charge in [-0.1, -0.05) is 17.7 Å². The third-order valence-corrected chi connectivity index (χ3v) is 2.45. The average Bonchev–Trinajstić information content (AvgIpc) is 2.36. The van der Waals surface area contributed by atoms with Crippen molar-refractivity contribution in [1.29, 1.82) is 0 Å². The van der Waals surface area contributed by atoms with Crippen LogP contribution in [0.15, 0.2) is 47.6 Å². The summed E-state index contributed by atoms with van der Waals surface area (Å²) in [5, 5.41) is 4.53. The number of halogens is 4.